The number of aryl methyl sites for hydroxylation is 2. The van der Waals surface area contributed by atoms with Crippen LogP contribution in [0.3, 0.4) is 0 Å². The molecule has 0 spiro atoms. The molecule has 3 heterocycles. The Hall–Kier alpha value is -2.13. The number of carbonyl (C=O) groups excluding carboxylic acids is 1. The smallest absolute Gasteiger partial charge is 0.332 e. The molecule has 0 unspecified atom stereocenters. The van der Waals surface area contributed by atoms with E-state index in [1.54, 1.807) is 7.05 Å². The van der Waals surface area contributed by atoms with Crippen LogP contribution in [-0.4, -0.2) is 60.6 Å². The first-order valence-corrected chi connectivity index (χ1v) is 10.9. The van der Waals surface area contributed by atoms with E-state index in [9.17, 15) is 14.4 Å². The maximum Gasteiger partial charge on any atom is 0.332 e. The van der Waals surface area contributed by atoms with Gasteiger partial charge in [-0.15, -0.1) is 12.4 Å². The Morgan fingerprint density at radius 1 is 1.06 bits per heavy atom. The Labute approximate surface area is 188 Å². The average Bonchev–Trinajstić information content (AvgIpc) is 3.51. The first-order chi connectivity index (χ1) is 14.3. The Kier molecular flexibility index (Phi) is 6.95. The van der Waals surface area contributed by atoms with Gasteiger partial charge in [-0.2, -0.15) is 0 Å². The molecule has 1 aliphatic carbocycles. The molecule has 0 bridgehead atoms. The molecule has 1 saturated carbocycles. The van der Waals surface area contributed by atoms with Crippen molar-refractivity contribution in [1.82, 2.24) is 28.5 Å². The SMILES string of the molecule is CC(C)CCn1c(CN2CCN(C(=O)C3CC3)CC2)nc2c1c(=O)n(C)c(=O)n2C.Cl. The third-order valence-electron chi connectivity index (χ3n) is 6.33. The number of carbonyl (C=O) groups is 1. The van der Waals surface area contributed by atoms with Crippen LogP contribution in [-0.2, 0) is 32.0 Å². The fourth-order valence-electron chi connectivity index (χ4n) is 4.16. The number of amides is 1. The molecule has 1 aliphatic heterocycles. The lowest BCUT2D eigenvalue weighted by Gasteiger charge is -2.34. The monoisotopic (exact) mass is 452 g/mol. The van der Waals surface area contributed by atoms with Crippen molar-refractivity contribution in [3.63, 3.8) is 0 Å². The summed E-state index contributed by atoms with van der Waals surface area (Å²) in [7, 11) is 3.18. The third kappa shape index (κ3) is 4.57. The van der Waals surface area contributed by atoms with Crippen LogP contribution in [0.2, 0.25) is 0 Å². The fourth-order valence-corrected chi connectivity index (χ4v) is 4.16. The van der Waals surface area contributed by atoms with Crippen LogP contribution < -0.4 is 11.2 Å². The molecule has 2 aromatic heterocycles. The summed E-state index contributed by atoms with van der Waals surface area (Å²) in [4.78, 5) is 46.6. The minimum Gasteiger partial charge on any atom is -0.340 e. The van der Waals surface area contributed by atoms with Crippen molar-refractivity contribution < 1.29 is 4.79 Å². The third-order valence-corrected chi connectivity index (χ3v) is 6.33. The van der Waals surface area contributed by atoms with Gasteiger partial charge in [-0.3, -0.25) is 23.6 Å². The van der Waals surface area contributed by atoms with E-state index in [0.29, 0.717) is 36.1 Å². The highest BCUT2D eigenvalue weighted by Crippen LogP contribution is 2.31. The normalized spacial score (nSPS) is 17.4. The summed E-state index contributed by atoms with van der Waals surface area (Å²) in [6.07, 6.45) is 2.99. The van der Waals surface area contributed by atoms with Gasteiger partial charge in [0.1, 0.15) is 5.82 Å². The van der Waals surface area contributed by atoms with Gasteiger partial charge in [0.2, 0.25) is 5.91 Å². The Morgan fingerprint density at radius 2 is 1.71 bits per heavy atom. The zero-order valence-electron chi connectivity index (χ0n) is 18.8. The maximum absolute atomic E-state index is 12.9. The molecule has 0 N–H and O–H groups in total. The molecule has 31 heavy (non-hydrogen) atoms. The number of hydrogen-bond acceptors (Lipinski definition) is 5. The van der Waals surface area contributed by atoms with E-state index in [1.165, 1.54) is 11.6 Å². The second kappa shape index (κ2) is 9.16. The predicted octanol–water partition coefficient (Wildman–Crippen LogP) is 0.956. The fraction of sp³-hybridized carbons (Fsp3) is 0.714. The summed E-state index contributed by atoms with van der Waals surface area (Å²) < 4.78 is 4.61. The summed E-state index contributed by atoms with van der Waals surface area (Å²) >= 11 is 0. The molecule has 4 rings (SSSR count). The molecule has 2 fully saturated rings. The molecule has 2 aliphatic rings. The van der Waals surface area contributed by atoms with Gasteiger partial charge in [0.15, 0.2) is 11.2 Å². The number of fused-ring (bicyclic) bond motifs is 1. The summed E-state index contributed by atoms with van der Waals surface area (Å²) in [5.41, 5.74) is 0.289. The lowest BCUT2D eigenvalue weighted by atomic mass is 10.1. The number of piperazine rings is 1. The molecule has 10 heteroatoms. The Bertz CT molecular complexity index is 1070. The van der Waals surface area contributed by atoms with Crippen LogP contribution in [0.25, 0.3) is 11.2 Å². The maximum atomic E-state index is 12.9. The average molecular weight is 453 g/mol. The number of imidazole rings is 1. The van der Waals surface area contributed by atoms with Crippen LogP contribution in [0, 0.1) is 11.8 Å². The van der Waals surface area contributed by atoms with Gasteiger partial charge in [-0.05, 0) is 25.2 Å². The topological polar surface area (TPSA) is 85.4 Å². The zero-order valence-corrected chi connectivity index (χ0v) is 19.7. The van der Waals surface area contributed by atoms with Gasteiger partial charge >= 0.3 is 5.69 Å². The second-order valence-electron chi connectivity index (χ2n) is 9.12. The number of rotatable bonds is 6. The minimum absolute atomic E-state index is 0. The van der Waals surface area contributed by atoms with Crippen molar-refractivity contribution in [2.45, 2.75) is 46.2 Å². The first-order valence-electron chi connectivity index (χ1n) is 10.9. The minimum atomic E-state index is -0.361. The lowest BCUT2D eigenvalue weighted by molar-refractivity contribution is -0.134. The van der Waals surface area contributed by atoms with Crippen molar-refractivity contribution in [3.8, 4) is 0 Å². The Morgan fingerprint density at radius 3 is 2.29 bits per heavy atom. The standard InChI is InChI=1S/C21H32N6O3.ClH/c1-14(2)7-8-27-16(22-18-17(27)20(29)24(4)21(30)23(18)3)13-25-9-11-26(12-10-25)19(28)15-5-6-15;/h14-15H,5-13H2,1-4H3;1H. The second-order valence-corrected chi connectivity index (χ2v) is 9.12. The molecule has 2 aromatic rings. The van der Waals surface area contributed by atoms with E-state index in [1.807, 2.05) is 9.47 Å². The van der Waals surface area contributed by atoms with E-state index in [-0.39, 0.29) is 29.6 Å². The number of hydrogen-bond donors (Lipinski definition) is 0. The molecular weight excluding hydrogens is 420 g/mol. The van der Waals surface area contributed by atoms with E-state index in [2.05, 4.69) is 18.7 Å². The first kappa shape index (κ1) is 23.5. The lowest BCUT2D eigenvalue weighted by Crippen LogP contribution is -2.49. The van der Waals surface area contributed by atoms with Gasteiger partial charge in [0, 0.05) is 52.7 Å². The molecule has 9 nitrogen and oxygen atoms in total. The van der Waals surface area contributed by atoms with Crippen LogP contribution >= 0.6 is 12.4 Å². The van der Waals surface area contributed by atoms with E-state index >= 15 is 0 Å². The number of nitrogens with zero attached hydrogens (tertiary/aromatic N) is 6. The number of aromatic nitrogens is 4. The van der Waals surface area contributed by atoms with Crippen molar-refractivity contribution in [1.29, 1.82) is 0 Å². The zero-order chi connectivity index (χ0) is 21.6. The highest BCUT2D eigenvalue weighted by atomic mass is 35.5. The van der Waals surface area contributed by atoms with Crippen LogP contribution in [0.15, 0.2) is 9.59 Å². The van der Waals surface area contributed by atoms with Gasteiger partial charge in [-0.25, -0.2) is 9.78 Å². The molecule has 0 aromatic carbocycles. The van der Waals surface area contributed by atoms with Gasteiger partial charge in [-0.1, -0.05) is 13.8 Å². The molecular formula is C21H33ClN6O3. The van der Waals surface area contributed by atoms with Crippen molar-refractivity contribution in [2.75, 3.05) is 26.2 Å². The highest BCUT2D eigenvalue weighted by molar-refractivity contribution is 5.85. The van der Waals surface area contributed by atoms with Gasteiger partial charge < -0.3 is 9.47 Å². The molecule has 172 valence electrons. The summed E-state index contributed by atoms with van der Waals surface area (Å²) in [5, 5.41) is 0. The van der Waals surface area contributed by atoms with Gasteiger partial charge in [0.25, 0.3) is 5.56 Å². The highest BCUT2D eigenvalue weighted by Gasteiger charge is 2.34. The van der Waals surface area contributed by atoms with Crippen LogP contribution in [0.1, 0.15) is 38.9 Å². The Balaban J connectivity index is 0.00000272. The van der Waals surface area contributed by atoms with E-state index in [4.69, 9.17) is 4.98 Å². The van der Waals surface area contributed by atoms with E-state index < -0.39 is 0 Å². The molecule has 0 radical (unpaired) electrons. The van der Waals surface area contributed by atoms with Crippen molar-refractivity contribution in [2.24, 2.45) is 25.9 Å². The predicted molar refractivity (Wildman–Crippen MR) is 121 cm³/mol. The quantitative estimate of drug-likeness (QED) is 0.651. The van der Waals surface area contributed by atoms with Crippen molar-refractivity contribution >= 4 is 29.5 Å². The summed E-state index contributed by atoms with van der Waals surface area (Å²) in [6, 6.07) is 0. The van der Waals surface area contributed by atoms with Crippen molar-refractivity contribution in [3.05, 3.63) is 26.7 Å². The summed E-state index contributed by atoms with van der Waals surface area (Å²) in [6.45, 7) is 8.67. The van der Waals surface area contributed by atoms with Crippen LogP contribution in [0.4, 0.5) is 0 Å². The van der Waals surface area contributed by atoms with E-state index in [0.717, 1.165) is 55.8 Å². The summed E-state index contributed by atoms with van der Waals surface area (Å²) in [5.74, 6) is 1.86. The largest absolute Gasteiger partial charge is 0.340 e. The number of halogens is 1. The molecule has 0 atom stereocenters. The molecule has 1 saturated heterocycles. The van der Waals surface area contributed by atoms with Gasteiger partial charge in [0.05, 0.1) is 6.54 Å². The van der Waals surface area contributed by atoms with Crippen LogP contribution in [0.5, 0.6) is 0 Å². The molecule has 1 amide bonds.